The van der Waals surface area contributed by atoms with Crippen molar-refractivity contribution in [1.29, 1.82) is 0 Å². The lowest BCUT2D eigenvalue weighted by Crippen LogP contribution is -2.55. The second-order valence-corrected chi connectivity index (χ2v) is 12.1. The van der Waals surface area contributed by atoms with Crippen LogP contribution >= 0.6 is 0 Å². The van der Waals surface area contributed by atoms with Crippen molar-refractivity contribution in [3.8, 4) is 5.75 Å². The van der Waals surface area contributed by atoms with E-state index in [9.17, 15) is 19.2 Å². The molecule has 228 valence electrons. The maximum atomic E-state index is 13.4. The van der Waals surface area contributed by atoms with E-state index in [2.05, 4.69) is 40.0 Å². The van der Waals surface area contributed by atoms with Gasteiger partial charge in [-0.25, -0.2) is 0 Å². The maximum absolute atomic E-state index is 13.4. The molecule has 3 atom stereocenters. The Labute approximate surface area is 244 Å². The third kappa shape index (κ3) is 10.6. The number of para-hydroxylation sites is 1. The van der Waals surface area contributed by atoms with Crippen LogP contribution in [0.3, 0.4) is 0 Å². The molecule has 0 unspecified atom stereocenters. The average Bonchev–Trinajstić information content (AvgIpc) is 3.20. The van der Waals surface area contributed by atoms with Crippen molar-refractivity contribution in [2.45, 2.75) is 90.8 Å². The molecule has 2 aliphatic heterocycles. The summed E-state index contributed by atoms with van der Waals surface area (Å²) in [6.07, 6.45) is 6.09. The van der Waals surface area contributed by atoms with Crippen LogP contribution in [0.25, 0.3) is 0 Å². The predicted octanol–water partition coefficient (Wildman–Crippen LogP) is 2.62. The zero-order chi connectivity index (χ0) is 29.8. The Hall–Kier alpha value is -3.14. The third-order valence-electron chi connectivity index (χ3n) is 7.60. The summed E-state index contributed by atoms with van der Waals surface area (Å²) in [5, 5.41) is 11.5. The molecular formula is C31H49N5O5. The first kappa shape index (κ1) is 32.4. The molecule has 3 rings (SSSR count). The van der Waals surface area contributed by atoms with Crippen LogP contribution in [0.2, 0.25) is 0 Å². The van der Waals surface area contributed by atoms with Crippen LogP contribution in [0.15, 0.2) is 24.3 Å². The number of fused-ring (bicyclic) bond motifs is 1. The molecule has 1 saturated heterocycles. The highest BCUT2D eigenvalue weighted by Gasteiger charge is 2.31. The van der Waals surface area contributed by atoms with Gasteiger partial charge in [-0.05, 0) is 69.3 Å². The molecule has 41 heavy (non-hydrogen) atoms. The van der Waals surface area contributed by atoms with E-state index in [-0.39, 0.29) is 42.4 Å². The Bertz CT molecular complexity index is 1020. The summed E-state index contributed by atoms with van der Waals surface area (Å²) in [7, 11) is 0. The maximum Gasteiger partial charge on any atom is 0.255 e. The van der Waals surface area contributed by atoms with E-state index in [0.717, 1.165) is 26.1 Å². The number of hydrogen-bond acceptors (Lipinski definition) is 6. The molecular weight excluding hydrogens is 522 g/mol. The standard InChI is InChI=1S/C31H49N5O5/c1-21(2)18-23-20-41-26-13-8-7-12-24(26)29(38)34-25(19-27(37)35-28(22(3)4)31(40)33-23)30(39)32-14-11-17-36-15-9-5-6-10-16-36/h7-8,12-13,21-23,25,28H,5-6,9-11,14-20H2,1-4H3,(H,32,39)(H,33,40)(H,34,38)(H,35,37)/t23-,25+,28-/m1/s1. The van der Waals surface area contributed by atoms with Crippen LogP contribution in [0.5, 0.6) is 5.75 Å². The summed E-state index contributed by atoms with van der Waals surface area (Å²) >= 11 is 0. The summed E-state index contributed by atoms with van der Waals surface area (Å²) in [5.74, 6) is -1.26. The molecule has 0 aliphatic carbocycles. The molecule has 10 heteroatoms. The highest BCUT2D eigenvalue weighted by atomic mass is 16.5. The molecule has 1 aromatic rings. The fourth-order valence-corrected chi connectivity index (χ4v) is 5.39. The first-order valence-corrected chi connectivity index (χ1v) is 15.3. The van der Waals surface area contributed by atoms with Crippen LogP contribution < -0.4 is 26.0 Å². The third-order valence-corrected chi connectivity index (χ3v) is 7.60. The minimum absolute atomic E-state index is 0.161. The summed E-state index contributed by atoms with van der Waals surface area (Å²) in [4.78, 5) is 55.5. The van der Waals surface area contributed by atoms with E-state index in [4.69, 9.17) is 4.74 Å². The van der Waals surface area contributed by atoms with Gasteiger partial charge < -0.3 is 30.9 Å². The van der Waals surface area contributed by atoms with Gasteiger partial charge in [0.1, 0.15) is 24.4 Å². The molecule has 0 radical (unpaired) electrons. The van der Waals surface area contributed by atoms with Crippen molar-refractivity contribution in [3.63, 3.8) is 0 Å². The minimum atomic E-state index is -1.11. The van der Waals surface area contributed by atoms with Crippen molar-refractivity contribution in [2.24, 2.45) is 11.8 Å². The number of likely N-dealkylation sites (tertiary alicyclic amines) is 1. The highest BCUT2D eigenvalue weighted by molar-refractivity contribution is 6.01. The molecule has 1 fully saturated rings. The fraction of sp³-hybridized carbons (Fsp3) is 0.677. The van der Waals surface area contributed by atoms with Crippen molar-refractivity contribution < 1.29 is 23.9 Å². The fourth-order valence-electron chi connectivity index (χ4n) is 5.39. The Kier molecular flexibility index (Phi) is 12.9. The molecule has 0 bridgehead atoms. The van der Waals surface area contributed by atoms with Crippen molar-refractivity contribution >= 4 is 23.6 Å². The molecule has 2 heterocycles. The second kappa shape index (κ2) is 16.3. The van der Waals surface area contributed by atoms with Crippen LogP contribution in [0, 0.1) is 11.8 Å². The number of nitrogens with one attached hydrogen (secondary N) is 4. The van der Waals surface area contributed by atoms with E-state index in [1.165, 1.54) is 25.7 Å². The van der Waals surface area contributed by atoms with Gasteiger partial charge >= 0.3 is 0 Å². The number of nitrogens with zero attached hydrogens (tertiary/aromatic N) is 1. The second-order valence-electron chi connectivity index (χ2n) is 12.1. The SMILES string of the molecule is CC(C)C[C@@H]1COc2ccccc2C(=O)N[C@H](C(=O)NCCCN2CCCCCC2)CC(=O)N[C@H](C(C)C)C(=O)N1. The van der Waals surface area contributed by atoms with Gasteiger partial charge in [0.05, 0.1) is 18.0 Å². The first-order chi connectivity index (χ1) is 19.6. The number of rotatable bonds is 8. The minimum Gasteiger partial charge on any atom is -0.491 e. The van der Waals surface area contributed by atoms with Crippen molar-refractivity contribution in [1.82, 2.24) is 26.2 Å². The summed E-state index contributed by atoms with van der Waals surface area (Å²) in [6, 6.07) is 4.58. The van der Waals surface area contributed by atoms with E-state index in [1.807, 2.05) is 13.8 Å². The first-order valence-electron chi connectivity index (χ1n) is 15.3. The molecule has 0 saturated carbocycles. The van der Waals surface area contributed by atoms with E-state index >= 15 is 0 Å². The van der Waals surface area contributed by atoms with Gasteiger partial charge in [-0.3, -0.25) is 19.2 Å². The molecule has 1 aromatic carbocycles. The Balaban J connectivity index is 1.76. The number of hydrogen-bond donors (Lipinski definition) is 4. The quantitative estimate of drug-likeness (QED) is 0.355. The van der Waals surface area contributed by atoms with Gasteiger partial charge in [-0.15, -0.1) is 0 Å². The molecule has 0 spiro atoms. The summed E-state index contributed by atoms with van der Waals surface area (Å²) < 4.78 is 6.06. The lowest BCUT2D eigenvalue weighted by Gasteiger charge is -2.28. The highest BCUT2D eigenvalue weighted by Crippen LogP contribution is 2.20. The molecule has 10 nitrogen and oxygen atoms in total. The lowest BCUT2D eigenvalue weighted by atomic mass is 10.00. The van der Waals surface area contributed by atoms with Crippen LogP contribution in [-0.2, 0) is 14.4 Å². The van der Waals surface area contributed by atoms with E-state index in [1.54, 1.807) is 24.3 Å². The zero-order valence-electron chi connectivity index (χ0n) is 25.2. The summed E-state index contributed by atoms with van der Waals surface area (Å²) in [6.45, 7) is 11.5. The Morgan fingerprint density at radius 2 is 1.71 bits per heavy atom. The molecule has 4 amide bonds. The van der Waals surface area contributed by atoms with E-state index < -0.39 is 29.8 Å². The van der Waals surface area contributed by atoms with Gasteiger partial charge in [0, 0.05) is 6.54 Å². The predicted molar refractivity (Wildman–Crippen MR) is 158 cm³/mol. The monoisotopic (exact) mass is 571 g/mol. The molecule has 4 N–H and O–H groups in total. The normalized spacial score (nSPS) is 23.4. The van der Waals surface area contributed by atoms with Gasteiger partial charge in [0.25, 0.3) is 5.91 Å². The van der Waals surface area contributed by atoms with Crippen molar-refractivity contribution in [3.05, 3.63) is 29.8 Å². The molecule has 2 aliphatic rings. The number of ether oxygens (including phenoxy) is 1. The van der Waals surface area contributed by atoms with E-state index in [0.29, 0.717) is 18.7 Å². The van der Waals surface area contributed by atoms with Gasteiger partial charge in [0.15, 0.2) is 0 Å². The smallest absolute Gasteiger partial charge is 0.255 e. The number of benzene rings is 1. The topological polar surface area (TPSA) is 129 Å². The average molecular weight is 572 g/mol. The molecule has 0 aromatic heterocycles. The zero-order valence-corrected chi connectivity index (χ0v) is 25.2. The largest absolute Gasteiger partial charge is 0.491 e. The number of amides is 4. The lowest BCUT2D eigenvalue weighted by molar-refractivity contribution is -0.132. The number of carbonyl (C=O) groups is 4. The Morgan fingerprint density at radius 3 is 2.39 bits per heavy atom. The Morgan fingerprint density at radius 1 is 1.00 bits per heavy atom. The summed E-state index contributed by atoms with van der Waals surface area (Å²) in [5.41, 5.74) is 0.263. The van der Waals surface area contributed by atoms with Crippen LogP contribution in [0.4, 0.5) is 0 Å². The van der Waals surface area contributed by atoms with Crippen molar-refractivity contribution in [2.75, 3.05) is 32.8 Å². The van der Waals surface area contributed by atoms with Gasteiger partial charge in [-0.2, -0.15) is 0 Å². The van der Waals surface area contributed by atoms with Crippen LogP contribution in [0.1, 0.15) is 83.0 Å². The van der Waals surface area contributed by atoms with Crippen LogP contribution in [-0.4, -0.2) is 79.4 Å². The van der Waals surface area contributed by atoms with Gasteiger partial charge in [0.2, 0.25) is 17.7 Å². The van der Waals surface area contributed by atoms with Gasteiger partial charge in [-0.1, -0.05) is 52.7 Å². The number of carbonyl (C=O) groups excluding carboxylic acids is 4.